The molecule has 1 aromatic rings. The van der Waals surface area contributed by atoms with Crippen LogP contribution in [0.5, 0.6) is 0 Å². The molecular formula is C11H18ClN3O. The van der Waals surface area contributed by atoms with Crippen molar-refractivity contribution >= 4 is 17.5 Å². The molecule has 90 valence electrons. The summed E-state index contributed by atoms with van der Waals surface area (Å²) in [4.78, 5) is 13.8. The van der Waals surface area contributed by atoms with Crippen molar-refractivity contribution < 1.29 is 4.79 Å². The number of carbonyl (C=O) groups excluding carboxylic acids is 1. The van der Waals surface area contributed by atoms with Crippen LogP contribution in [0.15, 0.2) is 6.20 Å². The first-order valence-electron chi connectivity index (χ1n) is 5.36. The van der Waals surface area contributed by atoms with Crippen LogP contribution >= 0.6 is 11.6 Å². The van der Waals surface area contributed by atoms with E-state index < -0.39 is 0 Å². The summed E-state index contributed by atoms with van der Waals surface area (Å²) in [7, 11) is 3.59. The normalized spacial score (nSPS) is 12.6. The van der Waals surface area contributed by atoms with Crippen LogP contribution in [0.4, 0.5) is 0 Å². The summed E-state index contributed by atoms with van der Waals surface area (Å²) in [6.07, 6.45) is 2.52. The first-order chi connectivity index (χ1) is 7.51. The fourth-order valence-corrected chi connectivity index (χ4v) is 1.67. The molecule has 4 nitrogen and oxygen atoms in total. The Balaban J connectivity index is 2.95. The van der Waals surface area contributed by atoms with Gasteiger partial charge in [-0.15, -0.1) is 11.6 Å². The first kappa shape index (κ1) is 13.0. The van der Waals surface area contributed by atoms with Crippen molar-refractivity contribution in [3.63, 3.8) is 0 Å². The van der Waals surface area contributed by atoms with E-state index >= 15 is 0 Å². The van der Waals surface area contributed by atoms with Crippen molar-refractivity contribution in [3.05, 3.63) is 17.5 Å². The minimum Gasteiger partial charge on any atom is -0.338 e. The molecule has 1 amide bonds. The van der Waals surface area contributed by atoms with E-state index in [9.17, 15) is 4.79 Å². The van der Waals surface area contributed by atoms with Gasteiger partial charge in [-0.1, -0.05) is 6.92 Å². The molecule has 1 heterocycles. The smallest absolute Gasteiger partial charge is 0.257 e. The van der Waals surface area contributed by atoms with Gasteiger partial charge in [-0.25, -0.2) is 0 Å². The number of amides is 1. The highest BCUT2D eigenvalue weighted by molar-refractivity contribution is 6.18. The Morgan fingerprint density at radius 3 is 2.81 bits per heavy atom. The van der Waals surface area contributed by atoms with E-state index in [0.29, 0.717) is 11.4 Å². The molecule has 0 radical (unpaired) electrons. The summed E-state index contributed by atoms with van der Waals surface area (Å²) in [5.41, 5.74) is 1.51. The zero-order chi connectivity index (χ0) is 12.3. The van der Waals surface area contributed by atoms with E-state index in [1.807, 2.05) is 20.9 Å². The van der Waals surface area contributed by atoms with E-state index in [1.54, 1.807) is 22.8 Å². The predicted octanol–water partition coefficient (Wildman–Crippen LogP) is 1.68. The second kappa shape index (κ2) is 5.34. The average Bonchev–Trinajstić information content (AvgIpc) is 2.67. The monoisotopic (exact) mass is 243 g/mol. The number of hydrogen-bond acceptors (Lipinski definition) is 2. The van der Waals surface area contributed by atoms with Crippen LogP contribution in [0.3, 0.4) is 0 Å². The maximum absolute atomic E-state index is 12.2. The van der Waals surface area contributed by atoms with Crippen molar-refractivity contribution in [1.82, 2.24) is 14.7 Å². The number of aryl methyl sites for hydroxylation is 2. The fraction of sp³-hybridized carbons (Fsp3) is 0.636. The van der Waals surface area contributed by atoms with Crippen molar-refractivity contribution in [2.45, 2.75) is 26.3 Å². The Labute approximate surface area is 101 Å². The topological polar surface area (TPSA) is 38.1 Å². The van der Waals surface area contributed by atoms with Crippen molar-refractivity contribution in [1.29, 1.82) is 0 Å². The van der Waals surface area contributed by atoms with Gasteiger partial charge in [0.15, 0.2) is 0 Å². The average molecular weight is 244 g/mol. The number of alkyl halides is 1. The van der Waals surface area contributed by atoms with E-state index in [4.69, 9.17) is 11.6 Å². The second-order valence-electron chi connectivity index (χ2n) is 3.94. The van der Waals surface area contributed by atoms with Gasteiger partial charge in [0, 0.05) is 32.2 Å². The lowest BCUT2D eigenvalue weighted by molar-refractivity contribution is 0.0755. The molecule has 16 heavy (non-hydrogen) atoms. The molecule has 0 saturated heterocycles. The Morgan fingerprint density at radius 1 is 1.69 bits per heavy atom. The summed E-state index contributed by atoms with van der Waals surface area (Å²) in [5.74, 6) is 0.419. The largest absolute Gasteiger partial charge is 0.338 e. The van der Waals surface area contributed by atoms with E-state index in [-0.39, 0.29) is 11.9 Å². The zero-order valence-corrected chi connectivity index (χ0v) is 11.0. The molecule has 1 unspecified atom stereocenters. The standard InChI is InChI=1S/C11H18ClN3O/c1-5-10-9(7-14(3)13-10)11(16)15(4)8(2)6-12/h7-8H,5-6H2,1-4H3. The summed E-state index contributed by atoms with van der Waals surface area (Å²) < 4.78 is 1.67. The molecule has 0 aliphatic heterocycles. The molecule has 0 N–H and O–H groups in total. The molecule has 5 heteroatoms. The predicted molar refractivity (Wildman–Crippen MR) is 64.9 cm³/mol. The lowest BCUT2D eigenvalue weighted by Gasteiger charge is -2.22. The Hall–Kier alpha value is -1.03. The maximum Gasteiger partial charge on any atom is 0.257 e. The van der Waals surface area contributed by atoms with Crippen LogP contribution in [0.2, 0.25) is 0 Å². The van der Waals surface area contributed by atoms with Crippen LogP contribution in [0.25, 0.3) is 0 Å². The van der Waals surface area contributed by atoms with Gasteiger partial charge in [-0.2, -0.15) is 5.10 Å². The quantitative estimate of drug-likeness (QED) is 0.755. The molecule has 1 atom stereocenters. The number of carbonyl (C=O) groups is 1. The summed E-state index contributed by atoms with van der Waals surface area (Å²) in [6, 6.07) is 0.0269. The molecule has 0 bridgehead atoms. The van der Waals surface area contributed by atoms with Crippen molar-refractivity contribution in [2.24, 2.45) is 7.05 Å². The zero-order valence-electron chi connectivity index (χ0n) is 10.2. The number of nitrogens with zero attached hydrogens (tertiary/aromatic N) is 3. The minimum atomic E-state index is -0.0156. The number of rotatable bonds is 4. The van der Waals surface area contributed by atoms with Gasteiger partial charge in [0.1, 0.15) is 0 Å². The molecule has 0 aliphatic rings. The molecular weight excluding hydrogens is 226 g/mol. The summed E-state index contributed by atoms with van der Waals surface area (Å²) >= 11 is 5.74. The molecule has 0 fully saturated rings. The summed E-state index contributed by atoms with van der Waals surface area (Å²) in [6.45, 7) is 3.91. The third kappa shape index (κ3) is 2.55. The van der Waals surface area contributed by atoms with E-state index in [2.05, 4.69) is 5.10 Å². The maximum atomic E-state index is 12.2. The van der Waals surface area contributed by atoms with Gasteiger partial charge in [0.05, 0.1) is 11.3 Å². The van der Waals surface area contributed by atoms with E-state index in [0.717, 1.165) is 12.1 Å². The third-order valence-electron chi connectivity index (χ3n) is 2.68. The Bertz CT molecular complexity index is 375. The number of halogens is 1. The molecule has 1 rings (SSSR count). The highest BCUT2D eigenvalue weighted by Gasteiger charge is 2.21. The SMILES string of the molecule is CCc1nn(C)cc1C(=O)N(C)C(C)CCl. The van der Waals surface area contributed by atoms with Gasteiger partial charge >= 0.3 is 0 Å². The van der Waals surface area contributed by atoms with Gasteiger partial charge in [0.25, 0.3) is 5.91 Å². The second-order valence-corrected chi connectivity index (χ2v) is 4.24. The van der Waals surface area contributed by atoms with Crippen LogP contribution in [-0.2, 0) is 13.5 Å². The first-order valence-corrected chi connectivity index (χ1v) is 5.90. The van der Waals surface area contributed by atoms with Crippen LogP contribution in [0.1, 0.15) is 29.9 Å². The van der Waals surface area contributed by atoms with Crippen LogP contribution in [-0.4, -0.2) is 39.6 Å². The molecule has 0 aromatic carbocycles. The van der Waals surface area contributed by atoms with Crippen molar-refractivity contribution in [3.8, 4) is 0 Å². The lowest BCUT2D eigenvalue weighted by atomic mass is 10.1. The van der Waals surface area contributed by atoms with Gasteiger partial charge in [0.2, 0.25) is 0 Å². The van der Waals surface area contributed by atoms with Crippen LogP contribution < -0.4 is 0 Å². The fourth-order valence-electron chi connectivity index (χ4n) is 1.47. The Morgan fingerprint density at radius 2 is 2.31 bits per heavy atom. The molecule has 0 saturated carbocycles. The van der Waals surface area contributed by atoms with E-state index in [1.165, 1.54) is 0 Å². The molecule has 0 spiro atoms. The van der Waals surface area contributed by atoms with Gasteiger partial charge in [-0.3, -0.25) is 9.48 Å². The van der Waals surface area contributed by atoms with Crippen LogP contribution in [0, 0.1) is 0 Å². The lowest BCUT2D eigenvalue weighted by Crippen LogP contribution is -2.36. The van der Waals surface area contributed by atoms with Crippen molar-refractivity contribution in [2.75, 3.05) is 12.9 Å². The minimum absolute atomic E-state index is 0.0156. The highest BCUT2D eigenvalue weighted by atomic mass is 35.5. The van der Waals surface area contributed by atoms with Gasteiger partial charge in [-0.05, 0) is 13.3 Å². The molecule has 0 aliphatic carbocycles. The number of aromatic nitrogens is 2. The van der Waals surface area contributed by atoms with Gasteiger partial charge < -0.3 is 4.90 Å². The summed E-state index contributed by atoms with van der Waals surface area (Å²) in [5, 5.41) is 4.25. The number of hydrogen-bond donors (Lipinski definition) is 0. The highest BCUT2D eigenvalue weighted by Crippen LogP contribution is 2.12. The Kier molecular flexibility index (Phi) is 4.35. The third-order valence-corrected chi connectivity index (χ3v) is 3.12. The molecule has 1 aromatic heterocycles.